The Balaban J connectivity index is 1.99. The summed E-state index contributed by atoms with van der Waals surface area (Å²) < 4.78 is 4.94. The van der Waals surface area contributed by atoms with Crippen molar-refractivity contribution in [2.45, 2.75) is 6.04 Å². The molecule has 0 radical (unpaired) electrons. The molecule has 1 aliphatic heterocycles. The molecule has 1 aliphatic rings. The number of ether oxygens (including phenoxy) is 1. The van der Waals surface area contributed by atoms with E-state index in [0.29, 0.717) is 18.8 Å². The second-order valence-electron chi connectivity index (χ2n) is 3.25. The average Bonchev–Trinajstić information content (AvgIpc) is 2.12. The Hall–Kier alpha value is -1.55. The summed E-state index contributed by atoms with van der Waals surface area (Å²) in [4.78, 5) is 11.5. The molecule has 0 aromatic heterocycles. The highest BCUT2D eigenvalue weighted by Gasteiger charge is 2.20. The number of hydrogen-bond acceptors (Lipinski definition) is 3. The summed E-state index contributed by atoms with van der Waals surface area (Å²) in [6.45, 7) is 1.17. The number of phenolic OH excluding ortho intramolecular Hbond substituents is 1. The van der Waals surface area contributed by atoms with Crippen LogP contribution in [0.25, 0.3) is 0 Å². The van der Waals surface area contributed by atoms with Crippen LogP contribution in [0.5, 0.6) is 5.75 Å². The van der Waals surface area contributed by atoms with Gasteiger partial charge in [0.2, 0.25) is 0 Å². The molecule has 1 amide bonds. The summed E-state index contributed by atoms with van der Waals surface area (Å²) in [6, 6.07) is 6.29. The van der Waals surface area contributed by atoms with Crippen molar-refractivity contribution in [3.8, 4) is 5.75 Å². The van der Waals surface area contributed by atoms with Crippen LogP contribution in [0.1, 0.15) is 10.4 Å². The van der Waals surface area contributed by atoms with E-state index in [1.54, 1.807) is 12.1 Å². The van der Waals surface area contributed by atoms with Crippen LogP contribution in [-0.2, 0) is 4.74 Å². The minimum absolute atomic E-state index is 0.127. The number of phenols is 1. The first-order valence-corrected chi connectivity index (χ1v) is 4.43. The lowest BCUT2D eigenvalue weighted by molar-refractivity contribution is -0.00346. The Morgan fingerprint density at radius 2 is 2.00 bits per heavy atom. The van der Waals surface area contributed by atoms with Gasteiger partial charge in [0.05, 0.1) is 19.3 Å². The number of rotatable bonds is 2. The fourth-order valence-electron chi connectivity index (χ4n) is 1.20. The fraction of sp³-hybridized carbons (Fsp3) is 0.300. The Bertz CT molecular complexity index is 330. The molecule has 2 rings (SSSR count). The highest BCUT2D eigenvalue weighted by molar-refractivity contribution is 5.94. The molecular formula is C10H11NO3. The number of amides is 1. The lowest BCUT2D eigenvalue weighted by atomic mass is 10.2. The molecule has 2 N–H and O–H groups in total. The van der Waals surface area contributed by atoms with Crippen LogP contribution in [0.4, 0.5) is 0 Å². The maximum atomic E-state index is 11.5. The molecule has 0 saturated carbocycles. The topological polar surface area (TPSA) is 58.6 Å². The normalized spacial score (nSPS) is 16.0. The first-order chi connectivity index (χ1) is 6.75. The molecule has 14 heavy (non-hydrogen) atoms. The average molecular weight is 193 g/mol. The Morgan fingerprint density at radius 1 is 1.36 bits per heavy atom. The van der Waals surface area contributed by atoms with Gasteiger partial charge in [0.15, 0.2) is 0 Å². The van der Waals surface area contributed by atoms with Gasteiger partial charge >= 0.3 is 0 Å². The van der Waals surface area contributed by atoms with Crippen LogP contribution in [0.2, 0.25) is 0 Å². The summed E-state index contributed by atoms with van der Waals surface area (Å²) in [5.41, 5.74) is 0.551. The molecule has 0 aliphatic carbocycles. The molecule has 74 valence electrons. The SMILES string of the molecule is O=C(NC1COC1)c1ccc(O)cc1. The largest absolute Gasteiger partial charge is 0.508 e. The molecule has 4 heteroatoms. The van der Waals surface area contributed by atoms with Gasteiger partial charge in [0.25, 0.3) is 5.91 Å². The smallest absolute Gasteiger partial charge is 0.251 e. The van der Waals surface area contributed by atoms with Crippen molar-refractivity contribution in [3.05, 3.63) is 29.8 Å². The van der Waals surface area contributed by atoms with Crippen LogP contribution in [0, 0.1) is 0 Å². The Labute approximate surface area is 81.5 Å². The predicted molar refractivity (Wildman–Crippen MR) is 50.2 cm³/mol. The van der Waals surface area contributed by atoms with Gasteiger partial charge in [-0.2, -0.15) is 0 Å². The molecule has 4 nitrogen and oxygen atoms in total. The van der Waals surface area contributed by atoms with Crippen LogP contribution in [0.15, 0.2) is 24.3 Å². The summed E-state index contributed by atoms with van der Waals surface area (Å²) in [5.74, 6) is 0.0341. The van der Waals surface area contributed by atoms with E-state index in [9.17, 15) is 4.79 Å². The van der Waals surface area contributed by atoms with Gasteiger partial charge in [0.1, 0.15) is 5.75 Å². The van der Waals surface area contributed by atoms with Crippen molar-refractivity contribution >= 4 is 5.91 Å². The number of carbonyl (C=O) groups is 1. The highest BCUT2D eigenvalue weighted by Crippen LogP contribution is 2.10. The van der Waals surface area contributed by atoms with E-state index in [4.69, 9.17) is 9.84 Å². The van der Waals surface area contributed by atoms with Crippen molar-refractivity contribution < 1.29 is 14.6 Å². The van der Waals surface area contributed by atoms with Crippen molar-refractivity contribution in [1.82, 2.24) is 5.32 Å². The molecular weight excluding hydrogens is 182 g/mol. The van der Waals surface area contributed by atoms with E-state index in [1.165, 1.54) is 12.1 Å². The fourth-order valence-corrected chi connectivity index (χ4v) is 1.20. The minimum atomic E-state index is -0.127. The van der Waals surface area contributed by atoms with Gasteiger partial charge in [-0.05, 0) is 24.3 Å². The molecule has 1 aromatic rings. The number of benzene rings is 1. The van der Waals surface area contributed by atoms with Gasteiger partial charge < -0.3 is 15.2 Å². The Morgan fingerprint density at radius 3 is 2.50 bits per heavy atom. The zero-order valence-electron chi connectivity index (χ0n) is 7.56. The van der Waals surface area contributed by atoms with Crippen molar-refractivity contribution in [1.29, 1.82) is 0 Å². The standard InChI is InChI=1S/C10H11NO3/c12-9-3-1-7(2-4-9)10(13)11-8-5-14-6-8/h1-4,8,12H,5-6H2,(H,11,13). The van der Waals surface area contributed by atoms with E-state index in [-0.39, 0.29) is 17.7 Å². The molecule has 1 aromatic carbocycles. The molecule has 0 atom stereocenters. The summed E-state index contributed by atoms with van der Waals surface area (Å²) in [7, 11) is 0. The first-order valence-electron chi connectivity index (χ1n) is 4.43. The van der Waals surface area contributed by atoms with Gasteiger partial charge in [-0.15, -0.1) is 0 Å². The lowest BCUT2D eigenvalue weighted by Gasteiger charge is -2.26. The number of hydrogen-bond donors (Lipinski definition) is 2. The number of aromatic hydroxyl groups is 1. The molecule has 0 bridgehead atoms. The van der Waals surface area contributed by atoms with Crippen LogP contribution >= 0.6 is 0 Å². The second kappa shape index (κ2) is 3.67. The predicted octanol–water partition coefficient (Wildman–Crippen LogP) is 0.521. The Kier molecular flexibility index (Phi) is 2.37. The zero-order chi connectivity index (χ0) is 9.97. The van der Waals surface area contributed by atoms with Gasteiger partial charge in [-0.25, -0.2) is 0 Å². The number of nitrogens with one attached hydrogen (secondary N) is 1. The molecule has 1 saturated heterocycles. The monoisotopic (exact) mass is 193 g/mol. The minimum Gasteiger partial charge on any atom is -0.508 e. The molecule has 1 fully saturated rings. The zero-order valence-corrected chi connectivity index (χ0v) is 7.56. The van der Waals surface area contributed by atoms with E-state index < -0.39 is 0 Å². The quantitative estimate of drug-likeness (QED) is 0.720. The van der Waals surface area contributed by atoms with Crippen molar-refractivity contribution in [2.24, 2.45) is 0 Å². The van der Waals surface area contributed by atoms with E-state index in [2.05, 4.69) is 5.32 Å². The van der Waals surface area contributed by atoms with Gasteiger partial charge in [-0.3, -0.25) is 4.79 Å². The van der Waals surface area contributed by atoms with Crippen molar-refractivity contribution in [3.63, 3.8) is 0 Å². The summed E-state index contributed by atoms with van der Waals surface area (Å²) in [6.07, 6.45) is 0. The van der Waals surface area contributed by atoms with Crippen LogP contribution < -0.4 is 5.32 Å². The van der Waals surface area contributed by atoms with Crippen LogP contribution in [-0.4, -0.2) is 30.3 Å². The van der Waals surface area contributed by atoms with E-state index in [0.717, 1.165) is 0 Å². The molecule has 1 heterocycles. The molecule has 0 unspecified atom stereocenters. The van der Waals surface area contributed by atoms with Gasteiger partial charge in [0, 0.05) is 5.56 Å². The third kappa shape index (κ3) is 1.85. The third-order valence-electron chi connectivity index (χ3n) is 2.10. The van der Waals surface area contributed by atoms with E-state index in [1.807, 2.05) is 0 Å². The van der Waals surface area contributed by atoms with Gasteiger partial charge in [-0.1, -0.05) is 0 Å². The second-order valence-corrected chi connectivity index (χ2v) is 3.25. The highest BCUT2D eigenvalue weighted by atomic mass is 16.5. The summed E-state index contributed by atoms with van der Waals surface area (Å²) in [5, 5.41) is 11.8. The van der Waals surface area contributed by atoms with E-state index >= 15 is 0 Å². The maximum Gasteiger partial charge on any atom is 0.251 e. The molecule has 0 spiro atoms. The van der Waals surface area contributed by atoms with Crippen molar-refractivity contribution in [2.75, 3.05) is 13.2 Å². The lowest BCUT2D eigenvalue weighted by Crippen LogP contribution is -2.48. The third-order valence-corrected chi connectivity index (χ3v) is 2.10. The first kappa shape index (κ1) is 9.02. The number of carbonyl (C=O) groups excluding carboxylic acids is 1. The summed E-state index contributed by atoms with van der Waals surface area (Å²) >= 11 is 0. The maximum absolute atomic E-state index is 11.5. The van der Waals surface area contributed by atoms with Crippen LogP contribution in [0.3, 0.4) is 0 Å².